The molecule has 0 saturated carbocycles. The van der Waals surface area contributed by atoms with E-state index in [-0.39, 0.29) is 17.9 Å². The molecule has 1 heterocycles. The lowest BCUT2D eigenvalue weighted by Gasteiger charge is -2.19. The number of hydrogen-bond acceptors (Lipinski definition) is 2. The number of aromatic nitrogens is 2. The normalized spacial score (nSPS) is 16.1. The zero-order chi connectivity index (χ0) is 25.9. The van der Waals surface area contributed by atoms with E-state index in [0.717, 1.165) is 59.6 Å². The number of hydrogen-bond donors (Lipinski definition) is 1. The highest BCUT2D eigenvalue weighted by Gasteiger charge is 2.31. The molecule has 1 unspecified atom stereocenters. The van der Waals surface area contributed by atoms with Crippen LogP contribution in [0.15, 0.2) is 72.8 Å². The van der Waals surface area contributed by atoms with Gasteiger partial charge in [-0.2, -0.15) is 5.10 Å². The first-order chi connectivity index (χ1) is 17.9. The third-order valence-electron chi connectivity index (χ3n) is 7.03. The fraction of sp³-hybridized carbons (Fsp3) is 0.267. The standard InChI is InChI=1S/C30H28Cl3N3O/c1-19(21-7-3-2-4-8-21)34-30(37)28-25-10-6-5-9-22(17-20-11-13-23(31)14-12-20)29(25)36(35-28)27-16-15-24(32)18-26(27)33/h2-4,7-8,11-16,18-19,22H,5-6,9-10,17H2,1H3,(H,34,37)/t19-,22?/m0/s1. The average molecular weight is 553 g/mol. The van der Waals surface area contributed by atoms with E-state index in [2.05, 4.69) is 17.4 Å². The molecule has 4 aromatic rings. The number of carbonyl (C=O) groups excluding carboxylic acids is 1. The van der Waals surface area contributed by atoms with E-state index >= 15 is 0 Å². The lowest BCUT2D eigenvalue weighted by atomic mass is 9.91. The molecule has 1 amide bonds. The van der Waals surface area contributed by atoms with Gasteiger partial charge in [0.2, 0.25) is 0 Å². The number of nitrogens with one attached hydrogen (secondary N) is 1. The molecular formula is C30H28Cl3N3O. The Morgan fingerprint density at radius 2 is 1.73 bits per heavy atom. The predicted molar refractivity (Wildman–Crippen MR) is 151 cm³/mol. The Hall–Kier alpha value is -2.79. The molecule has 37 heavy (non-hydrogen) atoms. The Bertz CT molecular complexity index is 1400. The van der Waals surface area contributed by atoms with Crippen LogP contribution >= 0.6 is 34.8 Å². The summed E-state index contributed by atoms with van der Waals surface area (Å²) >= 11 is 19.0. The first-order valence-corrected chi connectivity index (χ1v) is 13.7. The molecule has 0 radical (unpaired) electrons. The van der Waals surface area contributed by atoms with Crippen molar-refractivity contribution in [3.05, 3.63) is 116 Å². The smallest absolute Gasteiger partial charge is 0.272 e. The van der Waals surface area contributed by atoms with Crippen molar-refractivity contribution in [3.8, 4) is 5.69 Å². The number of nitrogens with zero attached hydrogens (tertiary/aromatic N) is 2. The Morgan fingerprint density at radius 1 is 1.00 bits per heavy atom. The lowest BCUT2D eigenvalue weighted by Crippen LogP contribution is -2.28. The first-order valence-electron chi connectivity index (χ1n) is 12.6. The zero-order valence-electron chi connectivity index (χ0n) is 20.6. The fourth-order valence-corrected chi connectivity index (χ4v) is 5.79. The minimum Gasteiger partial charge on any atom is -0.344 e. The maximum absolute atomic E-state index is 13.6. The van der Waals surface area contributed by atoms with E-state index in [0.29, 0.717) is 15.7 Å². The van der Waals surface area contributed by atoms with Crippen molar-refractivity contribution in [3.63, 3.8) is 0 Å². The minimum atomic E-state index is -0.177. The van der Waals surface area contributed by atoms with E-state index in [4.69, 9.17) is 39.9 Å². The van der Waals surface area contributed by atoms with E-state index in [9.17, 15) is 4.79 Å². The summed E-state index contributed by atoms with van der Waals surface area (Å²) in [5, 5.41) is 9.83. The topological polar surface area (TPSA) is 46.9 Å². The molecule has 0 bridgehead atoms. The quantitative estimate of drug-likeness (QED) is 0.244. The Kier molecular flexibility index (Phi) is 7.89. The van der Waals surface area contributed by atoms with Crippen LogP contribution in [0, 0.1) is 0 Å². The second-order valence-electron chi connectivity index (χ2n) is 9.60. The van der Waals surface area contributed by atoms with Gasteiger partial charge in [0, 0.05) is 21.5 Å². The summed E-state index contributed by atoms with van der Waals surface area (Å²) in [6.45, 7) is 1.99. The van der Waals surface area contributed by atoms with Crippen LogP contribution in [0.1, 0.15) is 71.0 Å². The van der Waals surface area contributed by atoms with Gasteiger partial charge in [-0.15, -0.1) is 0 Å². The number of fused-ring (bicyclic) bond motifs is 1. The van der Waals surface area contributed by atoms with Crippen LogP contribution in [-0.4, -0.2) is 15.7 Å². The van der Waals surface area contributed by atoms with Gasteiger partial charge in [0.1, 0.15) is 0 Å². The lowest BCUT2D eigenvalue weighted by molar-refractivity contribution is 0.0933. The summed E-state index contributed by atoms with van der Waals surface area (Å²) in [6, 6.07) is 23.2. The van der Waals surface area contributed by atoms with Gasteiger partial charge in [0.15, 0.2) is 5.69 Å². The minimum absolute atomic E-state index is 0.149. The SMILES string of the molecule is C[C@H](NC(=O)c1nn(-c2ccc(Cl)cc2Cl)c2c1CCCCC2Cc1ccc(Cl)cc1)c1ccccc1. The molecule has 7 heteroatoms. The fourth-order valence-electron chi connectivity index (χ4n) is 5.17. The maximum Gasteiger partial charge on any atom is 0.272 e. The van der Waals surface area contributed by atoms with Crippen molar-refractivity contribution in [2.45, 2.75) is 51.0 Å². The van der Waals surface area contributed by atoms with Gasteiger partial charge < -0.3 is 5.32 Å². The molecule has 5 rings (SSSR count). The Labute approximate surface area is 232 Å². The number of benzene rings is 3. The van der Waals surface area contributed by atoms with Crippen LogP contribution in [0.25, 0.3) is 5.69 Å². The first kappa shape index (κ1) is 25.8. The van der Waals surface area contributed by atoms with Gasteiger partial charge in [-0.3, -0.25) is 4.79 Å². The highest BCUT2D eigenvalue weighted by molar-refractivity contribution is 6.35. The zero-order valence-corrected chi connectivity index (χ0v) is 22.8. The number of halogens is 3. The van der Waals surface area contributed by atoms with E-state index < -0.39 is 0 Å². The summed E-state index contributed by atoms with van der Waals surface area (Å²) in [4.78, 5) is 13.6. The van der Waals surface area contributed by atoms with E-state index in [1.807, 2.05) is 60.1 Å². The van der Waals surface area contributed by atoms with Crippen molar-refractivity contribution < 1.29 is 4.79 Å². The van der Waals surface area contributed by atoms with Gasteiger partial charge in [0.05, 0.1) is 22.4 Å². The summed E-state index contributed by atoms with van der Waals surface area (Å²) in [6.07, 6.45) is 4.68. The second-order valence-corrected chi connectivity index (χ2v) is 10.9. The van der Waals surface area contributed by atoms with Gasteiger partial charge >= 0.3 is 0 Å². The molecule has 1 aliphatic rings. The van der Waals surface area contributed by atoms with Crippen molar-refractivity contribution in [2.75, 3.05) is 0 Å². The molecule has 1 aliphatic carbocycles. The average Bonchev–Trinajstić information content (AvgIpc) is 3.14. The van der Waals surface area contributed by atoms with Crippen molar-refractivity contribution >= 4 is 40.7 Å². The molecule has 1 N–H and O–H groups in total. The summed E-state index contributed by atoms with van der Waals surface area (Å²) < 4.78 is 1.88. The van der Waals surface area contributed by atoms with Crippen LogP contribution in [-0.2, 0) is 12.8 Å². The third-order valence-corrected chi connectivity index (χ3v) is 7.82. The van der Waals surface area contributed by atoms with Gasteiger partial charge in [-0.05, 0) is 74.1 Å². The molecule has 4 nitrogen and oxygen atoms in total. The highest BCUT2D eigenvalue weighted by Crippen LogP contribution is 2.38. The Balaban J connectivity index is 1.58. The molecule has 0 aliphatic heterocycles. The number of amides is 1. The predicted octanol–water partition coefficient (Wildman–Crippen LogP) is 8.38. The van der Waals surface area contributed by atoms with Crippen LogP contribution in [0.5, 0.6) is 0 Å². The summed E-state index contributed by atoms with van der Waals surface area (Å²) in [7, 11) is 0. The molecule has 0 spiro atoms. The number of carbonyl (C=O) groups is 1. The molecule has 0 fully saturated rings. The van der Waals surface area contributed by atoms with Crippen molar-refractivity contribution in [2.24, 2.45) is 0 Å². The number of rotatable bonds is 6. The Morgan fingerprint density at radius 3 is 2.46 bits per heavy atom. The van der Waals surface area contributed by atoms with Crippen LogP contribution in [0.2, 0.25) is 15.1 Å². The summed E-state index contributed by atoms with van der Waals surface area (Å²) in [5.74, 6) is -0.00500. The molecule has 1 aromatic heterocycles. The molecular weight excluding hydrogens is 525 g/mol. The molecule has 3 aromatic carbocycles. The third kappa shape index (κ3) is 5.72. The maximum atomic E-state index is 13.6. The van der Waals surface area contributed by atoms with Gasteiger partial charge in [-0.1, -0.05) is 83.7 Å². The summed E-state index contributed by atoms with van der Waals surface area (Å²) in [5.41, 5.74) is 5.48. The van der Waals surface area contributed by atoms with Crippen LogP contribution in [0.3, 0.4) is 0 Å². The van der Waals surface area contributed by atoms with Crippen LogP contribution in [0.4, 0.5) is 0 Å². The van der Waals surface area contributed by atoms with Gasteiger partial charge in [0.25, 0.3) is 5.91 Å². The molecule has 2 atom stereocenters. The second kappa shape index (κ2) is 11.3. The van der Waals surface area contributed by atoms with E-state index in [1.54, 1.807) is 12.1 Å². The largest absolute Gasteiger partial charge is 0.344 e. The van der Waals surface area contributed by atoms with Crippen LogP contribution < -0.4 is 5.32 Å². The van der Waals surface area contributed by atoms with E-state index in [1.165, 1.54) is 5.56 Å². The molecule has 0 saturated heterocycles. The van der Waals surface area contributed by atoms with Gasteiger partial charge in [-0.25, -0.2) is 4.68 Å². The highest BCUT2D eigenvalue weighted by atomic mass is 35.5. The van der Waals surface area contributed by atoms with Crippen molar-refractivity contribution in [1.82, 2.24) is 15.1 Å². The van der Waals surface area contributed by atoms with Crippen molar-refractivity contribution in [1.29, 1.82) is 0 Å². The molecule has 190 valence electrons. The monoisotopic (exact) mass is 551 g/mol.